The molecule has 0 aliphatic heterocycles. The van der Waals surface area contributed by atoms with Gasteiger partial charge in [0.1, 0.15) is 6.61 Å². The number of primary amides is 1. The lowest BCUT2D eigenvalue weighted by molar-refractivity contribution is -0.123. The molecule has 6 heteroatoms. The highest BCUT2D eigenvalue weighted by molar-refractivity contribution is 5.92. The van der Waals surface area contributed by atoms with Crippen LogP contribution in [0.25, 0.3) is 0 Å². The zero-order chi connectivity index (χ0) is 18.1. The predicted octanol–water partition coefficient (Wildman–Crippen LogP) is 2.05. The standard InChI is InChI=1S/C19H20N2O4/c1-2-11-24-16-5-3-4-6-17(16)25-13-18(22)21-12-14-7-9-15(10-8-14)19(20)23/h2-10H,1,11-13H2,(H2,20,23)(H,21,22). The van der Waals surface area contributed by atoms with Crippen molar-refractivity contribution in [3.8, 4) is 11.5 Å². The van der Waals surface area contributed by atoms with Gasteiger partial charge in [0.15, 0.2) is 18.1 Å². The summed E-state index contributed by atoms with van der Waals surface area (Å²) in [4.78, 5) is 22.9. The number of para-hydroxylation sites is 2. The van der Waals surface area contributed by atoms with Gasteiger partial charge in [0, 0.05) is 12.1 Å². The molecule has 6 nitrogen and oxygen atoms in total. The second-order valence-corrected chi connectivity index (χ2v) is 5.17. The van der Waals surface area contributed by atoms with Crippen LogP contribution in [0.5, 0.6) is 11.5 Å². The maximum absolute atomic E-state index is 11.9. The number of hydrogen-bond donors (Lipinski definition) is 2. The lowest BCUT2D eigenvalue weighted by atomic mass is 10.1. The first-order valence-electron chi connectivity index (χ1n) is 7.71. The molecule has 0 spiro atoms. The molecule has 0 atom stereocenters. The van der Waals surface area contributed by atoms with E-state index in [1.54, 1.807) is 48.5 Å². The van der Waals surface area contributed by atoms with E-state index in [1.165, 1.54) is 0 Å². The van der Waals surface area contributed by atoms with Crippen LogP contribution < -0.4 is 20.5 Å². The smallest absolute Gasteiger partial charge is 0.258 e. The fourth-order valence-electron chi connectivity index (χ4n) is 2.02. The molecular weight excluding hydrogens is 320 g/mol. The van der Waals surface area contributed by atoms with Gasteiger partial charge in [-0.3, -0.25) is 9.59 Å². The summed E-state index contributed by atoms with van der Waals surface area (Å²) in [5, 5.41) is 2.74. The van der Waals surface area contributed by atoms with Crippen LogP contribution in [0, 0.1) is 0 Å². The first kappa shape index (κ1) is 18.1. The van der Waals surface area contributed by atoms with Crippen molar-refractivity contribution in [3.63, 3.8) is 0 Å². The number of rotatable bonds is 9. The van der Waals surface area contributed by atoms with Crippen LogP contribution in [0.1, 0.15) is 15.9 Å². The predicted molar refractivity (Wildman–Crippen MR) is 94.4 cm³/mol. The molecular formula is C19H20N2O4. The summed E-state index contributed by atoms with van der Waals surface area (Å²) >= 11 is 0. The Morgan fingerprint density at radius 3 is 2.28 bits per heavy atom. The minimum atomic E-state index is -0.485. The third-order valence-corrected chi connectivity index (χ3v) is 3.29. The molecule has 0 saturated carbocycles. The van der Waals surface area contributed by atoms with Crippen molar-refractivity contribution in [1.29, 1.82) is 0 Å². The number of ether oxygens (including phenoxy) is 2. The monoisotopic (exact) mass is 340 g/mol. The van der Waals surface area contributed by atoms with Crippen LogP contribution >= 0.6 is 0 Å². The van der Waals surface area contributed by atoms with E-state index in [2.05, 4.69) is 11.9 Å². The molecule has 0 aliphatic carbocycles. The van der Waals surface area contributed by atoms with Gasteiger partial charge in [-0.1, -0.05) is 36.9 Å². The van der Waals surface area contributed by atoms with E-state index in [4.69, 9.17) is 15.2 Å². The summed E-state index contributed by atoms with van der Waals surface area (Å²) in [5.41, 5.74) is 6.46. The van der Waals surface area contributed by atoms with Gasteiger partial charge in [-0.05, 0) is 29.8 Å². The molecule has 0 unspecified atom stereocenters. The second kappa shape index (κ2) is 9.12. The molecule has 3 N–H and O–H groups in total. The highest BCUT2D eigenvalue weighted by atomic mass is 16.5. The molecule has 25 heavy (non-hydrogen) atoms. The Kier molecular flexibility index (Phi) is 6.59. The minimum absolute atomic E-state index is 0.131. The van der Waals surface area contributed by atoms with Crippen molar-refractivity contribution in [2.24, 2.45) is 5.73 Å². The van der Waals surface area contributed by atoms with Crippen LogP contribution in [0.4, 0.5) is 0 Å². The third-order valence-electron chi connectivity index (χ3n) is 3.29. The quantitative estimate of drug-likeness (QED) is 0.684. The zero-order valence-electron chi connectivity index (χ0n) is 13.7. The summed E-state index contributed by atoms with van der Waals surface area (Å²) in [5.74, 6) is 0.293. The number of amides is 2. The van der Waals surface area contributed by atoms with Crippen molar-refractivity contribution >= 4 is 11.8 Å². The maximum atomic E-state index is 11.9. The molecule has 2 aromatic carbocycles. The zero-order valence-corrected chi connectivity index (χ0v) is 13.7. The first-order valence-corrected chi connectivity index (χ1v) is 7.71. The second-order valence-electron chi connectivity index (χ2n) is 5.17. The highest BCUT2D eigenvalue weighted by Crippen LogP contribution is 2.26. The average molecular weight is 340 g/mol. The summed E-state index contributed by atoms with van der Waals surface area (Å²) in [7, 11) is 0. The Balaban J connectivity index is 1.83. The SMILES string of the molecule is C=CCOc1ccccc1OCC(=O)NCc1ccc(C(N)=O)cc1. The first-order chi connectivity index (χ1) is 12.1. The van der Waals surface area contributed by atoms with Crippen molar-refractivity contribution < 1.29 is 19.1 Å². The summed E-state index contributed by atoms with van der Waals surface area (Å²) < 4.78 is 11.0. The topological polar surface area (TPSA) is 90.7 Å². The summed E-state index contributed by atoms with van der Waals surface area (Å²) in [6, 6.07) is 13.8. The van der Waals surface area contributed by atoms with Crippen molar-refractivity contribution in [2.45, 2.75) is 6.54 Å². The van der Waals surface area contributed by atoms with Gasteiger partial charge < -0.3 is 20.5 Å². The average Bonchev–Trinajstić information content (AvgIpc) is 2.64. The van der Waals surface area contributed by atoms with Gasteiger partial charge >= 0.3 is 0 Å². The van der Waals surface area contributed by atoms with E-state index in [1.807, 2.05) is 6.07 Å². The molecule has 130 valence electrons. The van der Waals surface area contributed by atoms with E-state index < -0.39 is 5.91 Å². The van der Waals surface area contributed by atoms with E-state index in [-0.39, 0.29) is 12.5 Å². The Morgan fingerprint density at radius 2 is 1.68 bits per heavy atom. The van der Waals surface area contributed by atoms with E-state index in [9.17, 15) is 9.59 Å². The molecule has 0 bridgehead atoms. The number of nitrogens with one attached hydrogen (secondary N) is 1. The van der Waals surface area contributed by atoms with Gasteiger partial charge in [-0.2, -0.15) is 0 Å². The highest BCUT2D eigenvalue weighted by Gasteiger charge is 2.07. The number of nitrogens with two attached hydrogens (primary N) is 1. The lowest BCUT2D eigenvalue weighted by Gasteiger charge is -2.11. The van der Waals surface area contributed by atoms with Crippen LogP contribution in [-0.2, 0) is 11.3 Å². The fourth-order valence-corrected chi connectivity index (χ4v) is 2.02. The molecule has 0 aliphatic rings. The Hall–Kier alpha value is -3.28. The van der Waals surface area contributed by atoms with Crippen molar-refractivity contribution in [3.05, 3.63) is 72.3 Å². The van der Waals surface area contributed by atoms with E-state index in [0.29, 0.717) is 30.2 Å². The van der Waals surface area contributed by atoms with Crippen LogP contribution in [0.15, 0.2) is 61.2 Å². The van der Waals surface area contributed by atoms with E-state index in [0.717, 1.165) is 5.56 Å². The molecule has 0 fully saturated rings. The fraction of sp³-hybridized carbons (Fsp3) is 0.158. The molecule has 2 amide bonds. The summed E-state index contributed by atoms with van der Waals surface area (Å²) in [6.07, 6.45) is 1.63. The molecule has 0 aromatic heterocycles. The number of hydrogen-bond acceptors (Lipinski definition) is 4. The van der Waals surface area contributed by atoms with Gasteiger partial charge in [0.2, 0.25) is 5.91 Å². The van der Waals surface area contributed by atoms with Crippen molar-refractivity contribution in [2.75, 3.05) is 13.2 Å². The normalized spacial score (nSPS) is 9.92. The molecule has 0 radical (unpaired) electrons. The Labute approximate surface area is 146 Å². The van der Waals surface area contributed by atoms with E-state index >= 15 is 0 Å². The maximum Gasteiger partial charge on any atom is 0.258 e. The van der Waals surface area contributed by atoms with Crippen molar-refractivity contribution in [1.82, 2.24) is 5.32 Å². The van der Waals surface area contributed by atoms with Gasteiger partial charge in [0.25, 0.3) is 5.91 Å². The largest absolute Gasteiger partial charge is 0.486 e. The number of carbonyl (C=O) groups excluding carboxylic acids is 2. The van der Waals surface area contributed by atoms with Gasteiger partial charge in [-0.25, -0.2) is 0 Å². The molecule has 0 saturated heterocycles. The van der Waals surface area contributed by atoms with Crippen LogP contribution in [0.3, 0.4) is 0 Å². The molecule has 0 heterocycles. The number of carbonyl (C=O) groups is 2. The third kappa shape index (κ3) is 5.69. The van der Waals surface area contributed by atoms with Gasteiger partial charge in [0.05, 0.1) is 0 Å². The molecule has 2 aromatic rings. The van der Waals surface area contributed by atoms with Crippen LogP contribution in [0.2, 0.25) is 0 Å². The van der Waals surface area contributed by atoms with Gasteiger partial charge in [-0.15, -0.1) is 0 Å². The molecule has 2 rings (SSSR count). The number of benzene rings is 2. The Bertz CT molecular complexity index is 741. The van der Waals surface area contributed by atoms with Crippen LogP contribution in [-0.4, -0.2) is 25.0 Å². The summed E-state index contributed by atoms with van der Waals surface area (Å²) in [6.45, 7) is 4.15. The minimum Gasteiger partial charge on any atom is -0.486 e. The Morgan fingerprint density at radius 1 is 1.04 bits per heavy atom. The lowest BCUT2D eigenvalue weighted by Crippen LogP contribution is -2.28.